The van der Waals surface area contributed by atoms with Crippen molar-refractivity contribution in [2.75, 3.05) is 0 Å². The normalized spacial score (nSPS) is 20.3. The molecule has 0 saturated heterocycles. The van der Waals surface area contributed by atoms with Crippen molar-refractivity contribution in [1.82, 2.24) is 19.9 Å². The molecular weight excluding hydrogens is 479 g/mol. The van der Waals surface area contributed by atoms with Gasteiger partial charge in [0.1, 0.15) is 35.2 Å². The lowest BCUT2D eigenvalue weighted by Crippen LogP contribution is -2.37. The number of nitrogens with one attached hydrogen (secondary N) is 1. The number of fused-ring (bicyclic) bond motifs is 1. The zero-order valence-electron chi connectivity index (χ0n) is 22.1. The number of aromatic nitrogens is 3. The Morgan fingerprint density at radius 3 is 2.59 bits per heavy atom. The second kappa shape index (κ2) is 10.3. The lowest BCUT2D eigenvalue weighted by Gasteiger charge is -2.28. The van der Waals surface area contributed by atoms with Crippen LogP contribution in [0, 0.1) is 12.7 Å². The Morgan fingerprint density at radius 1 is 1.16 bits per heavy atom. The molecule has 1 aliphatic rings. The third kappa shape index (κ3) is 6.75. The van der Waals surface area contributed by atoms with Crippen LogP contribution in [0.2, 0.25) is 0 Å². The quantitative estimate of drug-likeness (QED) is 0.436. The van der Waals surface area contributed by atoms with Crippen molar-refractivity contribution < 1.29 is 28.5 Å². The first kappa shape index (κ1) is 26.8. The molecule has 0 bridgehead atoms. The number of nitrogens with zero attached hydrogens (tertiary/aromatic N) is 3. The van der Waals surface area contributed by atoms with Gasteiger partial charge in [0.2, 0.25) is 0 Å². The standard InChI is InChI=1S/C27H35FN4O5/c1-16-20-9-10-32(24(20)31-15-30-16)19-12-22(23(13-19)36-27(5,6)34)35-21-8-7-18(28)11-17(21)14-29-25(33)37-26(2,3)4/h7-11,15,19,22-23,34H,12-14H2,1-6H3,(H,29,33)/t19-,22+,23+/m1/s1. The van der Waals surface area contributed by atoms with Gasteiger partial charge < -0.3 is 29.2 Å². The molecule has 1 aliphatic carbocycles. The summed E-state index contributed by atoms with van der Waals surface area (Å²) in [5, 5.41) is 14.0. The molecule has 37 heavy (non-hydrogen) atoms. The number of hydrogen-bond acceptors (Lipinski definition) is 7. The average molecular weight is 515 g/mol. The van der Waals surface area contributed by atoms with E-state index >= 15 is 0 Å². The van der Waals surface area contributed by atoms with Gasteiger partial charge in [-0.2, -0.15) is 0 Å². The van der Waals surface area contributed by atoms with Crippen molar-refractivity contribution in [3.63, 3.8) is 0 Å². The highest BCUT2D eigenvalue weighted by Crippen LogP contribution is 2.39. The molecule has 0 spiro atoms. The summed E-state index contributed by atoms with van der Waals surface area (Å²) < 4.78 is 33.8. The molecule has 10 heteroatoms. The number of aliphatic hydroxyl groups is 1. The molecule has 1 saturated carbocycles. The number of ether oxygens (including phenoxy) is 3. The van der Waals surface area contributed by atoms with E-state index in [0.29, 0.717) is 24.2 Å². The topological polar surface area (TPSA) is 108 Å². The largest absolute Gasteiger partial charge is 0.487 e. The van der Waals surface area contributed by atoms with Crippen LogP contribution in [0.3, 0.4) is 0 Å². The maximum atomic E-state index is 14.1. The van der Waals surface area contributed by atoms with Gasteiger partial charge in [-0.25, -0.2) is 19.2 Å². The van der Waals surface area contributed by atoms with Crippen LogP contribution in [0.25, 0.3) is 11.0 Å². The summed E-state index contributed by atoms with van der Waals surface area (Å²) in [6.07, 6.45) is 3.19. The smallest absolute Gasteiger partial charge is 0.407 e. The van der Waals surface area contributed by atoms with Gasteiger partial charge >= 0.3 is 6.09 Å². The van der Waals surface area contributed by atoms with Crippen molar-refractivity contribution in [2.45, 2.75) is 90.6 Å². The number of hydrogen-bond donors (Lipinski definition) is 2. The SMILES string of the molecule is Cc1ncnc2c1ccn2[C@@H]1C[C@H](Oc2ccc(F)cc2CNC(=O)OC(C)(C)C)[C@@H](OC(C)(C)O)C1. The van der Waals surface area contributed by atoms with E-state index in [2.05, 4.69) is 19.9 Å². The van der Waals surface area contributed by atoms with Crippen LogP contribution in [0.15, 0.2) is 36.8 Å². The third-order valence-corrected chi connectivity index (χ3v) is 6.09. The van der Waals surface area contributed by atoms with Gasteiger partial charge in [-0.05, 0) is 72.2 Å². The molecular formula is C27H35FN4O5. The number of alkyl carbamates (subject to hydrolysis) is 1. The monoisotopic (exact) mass is 514 g/mol. The number of amides is 1. The lowest BCUT2D eigenvalue weighted by atomic mass is 10.1. The molecule has 1 fully saturated rings. The summed E-state index contributed by atoms with van der Waals surface area (Å²) in [5.41, 5.74) is 1.53. The predicted octanol–water partition coefficient (Wildman–Crippen LogP) is 4.80. The summed E-state index contributed by atoms with van der Waals surface area (Å²) in [4.78, 5) is 20.9. The average Bonchev–Trinajstić information content (AvgIpc) is 3.36. The molecule has 0 unspecified atom stereocenters. The Kier molecular flexibility index (Phi) is 7.43. The highest BCUT2D eigenvalue weighted by atomic mass is 19.1. The summed E-state index contributed by atoms with van der Waals surface area (Å²) in [5.74, 6) is -1.40. The fourth-order valence-electron chi connectivity index (χ4n) is 4.62. The Hall–Kier alpha value is -3.24. The summed E-state index contributed by atoms with van der Waals surface area (Å²) in [6.45, 7) is 10.4. The van der Waals surface area contributed by atoms with Crippen LogP contribution in [-0.4, -0.2) is 49.3 Å². The molecule has 0 radical (unpaired) electrons. The van der Waals surface area contributed by atoms with E-state index in [0.717, 1.165) is 16.7 Å². The molecule has 3 atom stereocenters. The number of benzene rings is 1. The number of rotatable bonds is 7. The van der Waals surface area contributed by atoms with Gasteiger partial charge in [-0.15, -0.1) is 0 Å². The van der Waals surface area contributed by atoms with Crippen molar-refractivity contribution in [2.24, 2.45) is 0 Å². The fourth-order valence-corrected chi connectivity index (χ4v) is 4.62. The maximum Gasteiger partial charge on any atom is 0.407 e. The van der Waals surface area contributed by atoms with Gasteiger partial charge in [0.15, 0.2) is 5.79 Å². The van der Waals surface area contributed by atoms with Gasteiger partial charge in [-0.3, -0.25) is 0 Å². The van der Waals surface area contributed by atoms with E-state index in [4.69, 9.17) is 14.2 Å². The van der Waals surface area contributed by atoms with Gasteiger partial charge in [-0.1, -0.05) is 0 Å². The first-order valence-electron chi connectivity index (χ1n) is 12.4. The van der Waals surface area contributed by atoms with Crippen molar-refractivity contribution in [1.29, 1.82) is 0 Å². The number of carbonyl (C=O) groups excluding carboxylic acids is 1. The number of carbonyl (C=O) groups is 1. The highest BCUT2D eigenvalue weighted by Gasteiger charge is 2.41. The minimum Gasteiger partial charge on any atom is -0.487 e. The van der Waals surface area contributed by atoms with E-state index in [1.54, 1.807) is 40.9 Å². The molecule has 1 aromatic carbocycles. The molecule has 9 nitrogen and oxygen atoms in total. The molecule has 1 amide bonds. The van der Waals surface area contributed by atoms with Crippen LogP contribution in [0.5, 0.6) is 5.75 Å². The highest BCUT2D eigenvalue weighted by molar-refractivity contribution is 5.78. The Morgan fingerprint density at radius 2 is 1.89 bits per heavy atom. The first-order valence-corrected chi connectivity index (χ1v) is 12.4. The summed E-state index contributed by atoms with van der Waals surface area (Å²) in [7, 11) is 0. The van der Waals surface area contributed by atoms with E-state index in [-0.39, 0.29) is 12.6 Å². The van der Waals surface area contributed by atoms with Crippen molar-refractivity contribution in [3.05, 3.63) is 53.9 Å². The van der Waals surface area contributed by atoms with Crippen LogP contribution in [0.4, 0.5) is 9.18 Å². The van der Waals surface area contributed by atoms with Gasteiger partial charge in [0, 0.05) is 36.2 Å². The van der Waals surface area contributed by atoms with Crippen LogP contribution in [-0.2, 0) is 16.0 Å². The van der Waals surface area contributed by atoms with E-state index in [9.17, 15) is 14.3 Å². The molecule has 0 aliphatic heterocycles. The Labute approximate surface area is 216 Å². The zero-order chi connectivity index (χ0) is 27.0. The van der Waals surface area contributed by atoms with Gasteiger partial charge in [0.25, 0.3) is 0 Å². The zero-order valence-corrected chi connectivity index (χ0v) is 22.1. The number of halogens is 1. The predicted molar refractivity (Wildman–Crippen MR) is 136 cm³/mol. The minimum absolute atomic E-state index is 0.00654. The second-order valence-corrected chi connectivity index (χ2v) is 10.9. The van der Waals surface area contributed by atoms with Crippen molar-refractivity contribution in [3.8, 4) is 5.75 Å². The van der Waals surface area contributed by atoms with E-state index in [1.165, 1.54) is 18.2 Å². The Bertz CT molecular complexity index is 1260. The van der Waals surface area contributed by atoms with Crippen LogP contribution < -0.4 is 10.1 Å². The van der Waals surface area contributed by atoms with E-state index in [1.807, 2.05) is 19.2 Å². The van der Waals surface area contributed by atoms with Crippen LogP contribution >= 0.6 is 0 Å². The third-order valence-electron chi connectivity index (χ3n) is 6.09. The molecule has 2 heterocycles. The maximum absolute atomic E-state index is 14.1. The lowest BCUT2D eigenvalue weighted by molar-refractivity contribution is -0.217. The second-order valence-electron chi connectivity index (χ2n) is 10.9. The first-order chi connectivity index (χ1) is 17.3. The summed E-state index contributed by atoms with van der Waals surface area (Å²) in [6, 6.07) is 6.16. The van der Waals surface area contributed by atoms with Gasteiger partial charge in [0.05, 0.1) is 11.8 Å². The van der Waals surface area contributed by atoms with Crippen molar-refractivity contribution >= 4 is 17.1 Å². The minimum atomic E-state index is -1.37. The molecule has 4 rings (SSSR count). The molecule has 2 N–H and O–H groups in total. The van der Waals surface area contributed by atoms with E-state index < -0.39 is 35.5 Å². The molecule has 200 valence electrons. The fraction of sp³-hybridized carbons (Fsp3) is 0.519. The number of aryl methyl sites for hydroxylation is 1. The Balaban J connectivity index is 1.56. The molecule has 2 aromatic heterocycles. The van der Waals surface area contributed by atoms with Crippen LogP contribution in [0.1, 0.15) is 64.8 Å². The summed E-state index contributed by atoms with van der Waals surface area (Å²) >= 11 is 0. The molecule has 3 aromatic rings.